The van der Waals surface area contributed by atoms with Gasteiger partial charge >= 0.3 is 0 Å². The molecule has 0 saturated carbocycles. The van der Waals surface area contributed by atoms with E-state index in [0.29, 0.717) is 0 Å². The average Bonchev–Trinajstić information content (AvgIpc) is 3.49. The number of hydrogen-bond acceptors (Lipinski definition) is 2. The van der Waals surface area contributed by atoms with Gasteiger partial charge in [-0.15, -0.1) is 22.7 Å². The van der Waals surface area contributed by atoms with Gasteiger partial charge in [-0.3, -0.25) is 0 Å². The molecule has 1 atom stereocenters. The lowest BCUT2D eigenvalue weighted by molar-refractivity contribution is 0.560. The van der Waals surface area contributed by atoms with Gasteiger partial charge in [-0.05, 0) is 88.0 Å². The van der Waals surface area contributed by atoms with Crippen LogP contribution < -0.4 is 0 Å². The van der Waals surface area contributed by atoms with Gasteiger partial charge in [-0.25, -0.2) is 0 Å². The number of rotatable bonds is 6. The molecule has 0 radical (unpaired) electrons. The zero-order valence-corrected chi connectivity index (χ0v) is 23.2. The molecule has 0 N–H and O–H groups in total. The molecule has 0 spiro atoms. The normalized spacial score (nSPS) is 11.2. The van der Waals surface area contributed by atoms with Crippen molar-refractivity contribution < 1.29 is 0 Å². The summed E-state index contributed by atoms with van der Waals surface area (Å²) in [5, 5.41) is 7.10. The van der Waals surface area contributed by atoms with Crippen molar-refractivity contribution in [2.45, 2.75) is 81.1 Å². The summed E-state index contributed by atoms with van der Waals surface area (Å²) in [6.45, 7) is 17.1. The lowest BCUT2D eigenvalue weighted by atomic mass is 9.99. The third kappa shape index (κ3) is 9.46. The summed E-state index contributed by atoms with van der Waals surface area (Å²) in [6.07, 6.45) is 4.98. The first-order valence-corrected chi connectivity index (χ1v) is 14.2. The summed E-state index contributed by atoms with van der Waals surface area (Å²) >= 11 is 3.66. The summed E-state index contributed by atoms with van der Waals surface area (Å²) in [6, 6.07) is 18.1. The van der Waals surface area contributed by atoms with Crippen LogP contribution in [-0.4, -0.2) is 0 Å². The van der Waals surface area contributed by atoms with Crippen molar-refractivity contribution in [2.75, 3.05) is 0 Å². The fraction of sp³-hybridized carbons (Fsp3) is 0.467. The first kappa shape index (κ1) is 28.4. The Morgan fingerprint density at radius 2 is 1.31 bits per heavy atom. The van der Waals surface area contributed by atoms with Gasteiger partial charge in [0.05, 0.1) is 0 Å². The number of thiophene rings is 2. The molecule has 0 aliphatic rings. The monoisotopic (exact) mass is 468 g/mol. The molecule has 2 aromatic carbocycles. The molecule has 2 aromatic heterocycles. The Labute approximate surface area is 205 Å². The maximum Gasteiger partial charge on any atom is 0.0345 e. The highest BCUT2D eigenvalue weighted by Crippen LogP contribution is 2.24. The highest BCUT2D eigenvalue weighted by molar-refractivity contribution is 7.17. The largest absolute Gasteiger partial charge is 0.144 e. The van der Waals surface area contributed by atoms with Crippen LogP contribution in [0.4, 0.5) is 0 Å². The molecule has 1 unspecified atom stereocenters. The van der Waals surface area contributed by atoms with E-state index in [2.05, 4.69) is 87.0 Å². The van der Waals surface area contributed by atoms with E-state index in [-0.39, 0.29) is 0 Å². The molecule has 2 heteroatoms. The molecule has 32 heavy (non-hydrogen) atoms. The zero-order chi connectivity index (χ0) is 23.9. The van der Waals surface area contributed by atoms with Crippen LogP contribution in [0, 0.1) is 11.8 Å². The van der Waals surface area contributed by atoms with Crippen molar-refractivity contribution in [1.82, 2.24) is 0 Å². The minimum absolute atomic E-state index is 0.799. The molecule has 0 nitrogen and oxygen atoms in total. The highest BCUT2D eigenvalue weighted by Gasteiger charge is 2.02. The molecular weight excluding hydrogens is 424 g/mol. The Morgan fingerprint density at radius 1 is 0.688 bits per heavy atom. The second-order valence-corrected chi connectivity index (χ2v) is 10.1. The van der Waals surface area contributed by atoms with Crippen LogP contribution in [0.5, 0.6) is 0 Å². The number of hydrogen-bond donors (Lipinski definition) is 0. The second kappa shape index (κ2) is 16.0. The van der Waals surface area contributed by atoms with Gasteiger partial charge in [-0.2, -0.15) is 0 Å². The van der Waals surface area contributed by atoms with Gasteiger partial charge in [0.1, 0.15) is 0 Å². The molecule has 4 aromatic rings. The molecular formula is C30H44S2. The van der Waals surface area contributed by atoms with E-state index in [1.807, 2.05) is 50.4 Å². The maximum atomic E-state index is 2.34. The fourth-order valence-corrected chi connectivity index (χ4v) is 4.92. The topological polar surface area (TPSA) is 0 Å². The zero-order valence-electron chi connectivity index (χ0n) is 21.6. The lowest BCUT2D eigenvalue weighted by Gasteiger charge is -2.07. The Hall–Kier alpha value is -1.64. The SMILES string of the molecule is CC.CC.CC(C)CCc1ccc2sccc2c1.CCC(C)Cc1ccc2ccsc2c1. The van der Waals surface area contributed by atoms with E-state index in [9.17, 15) is 0 Å². The van der Waals surface area contributed by atoms with Gasteiger partial charge in [-0.1, -0.05) is 86.1 Å². The Kier molecular flexibility index (Phi) is 14.2. The van der Waals surface area contributed by atoms with Crippen molar-refractivity contribution in [1.29, 1.82) is 0 Å². The Bertz CT molecular complexity index is 990. The van der Waals surface area contributed by atoms with Crippen molar-refractivity contribution in [3.05, 3.63) is 70.4 Å². The quantitative estimate of drug-likeness (QED) is 0.264. The van der Waals surface area contributed by atoms with Crippen LogP contribution in [0.15, 0.2) is 59.3 Å². The van der Waals surface area contributed by atoms with E-state index in [1.54, 1.807) is 0 Å². The molecule has 176 valence electrons. The minimum Gasteiger partial charge on any atom is -0.144 e. The predicted molar refractivity (Wildman–Crippen MR) is 153 cm³/mol. The summed E-state index contributed by atoms with van der Waals surface area (Å²) in [5.74, 6) is 1.60. The van der Waals surface area contributed by atoms with Crippen LogP contribution in [0.3, 0.4) is 0 Å². The molecule has 2 heterocycles. The summed E-state index contributed by atoms with van der Waals surface area (Å²) in [5.41, 5.74) is 2.96. The lowest BCUT2D eigenvalue weighted by Crippen LogP contribution is -1.96. The average molecular weight is 469 g/mol. The molecule has 0 fully saturated rings. The van der Waals surface area contributed by atoms with Crippen LogP contribution in [0.1, 0.15) is 79.4 Å². The third-order valence-electron chi connectivity index (χ3n) is 5.33. The molecule has 4 rings (SSSR count). The molecule has 0 amide bonds. The first-order valence-electron chi connectivity index (χ1n) is 12.5. The van der Waals surface area contributed by atoms with Crippen molar-refractivity contribution >= 4 is 42.8 Å². The van der Waals surface area contributed by atoms with Crippen LogP contribution >= 0.6 is 22.7 Å². The van der Waals surface area contributed by atoms with Crippen LogP contribution in [0.2, 0.25) is 0 Å². The van der Waals surface area contributed by atoms with Crippen molar-refractivity contribution in [3.63, 3.8) is 0 Å². The van der Waals surface area contributed by atoms with Crippen LogP contribution in [0.25, 0.3) is 20.2 Å². The summed E-state index contributed by atoms with van der Waals surface area (Å²) in [4.78, 5) is 0. The Morgan fingerprint density at radius 3 is 1.97 bits per heavy atom. The van der Waals surface area contributed by atoms with Gasteiger partial charge in [0, 0.05) is 9.40 Å². The van der Waals surface area contributed by atoms with Crippen LogP contribution in [-0.2, 0) is 12.8 Å². The molecule has 0 aliphatic carbocycles. The van der Waals surface area contributed by atoms with E-state index >= 15 is 0 Å². The van der Waals surface area contributed by atoms with Gasteiger partial charge in [0.2, 0.25) is 0 Å². The fourth-order valence-electron chi connectivity index (χ4n) is 3.30. The van der Waals surface area contributed by atoms with E-state index in [4.69, 9.17) is 0 Å². The Balaban J connectivity index is 0.000000277. The van der Waals surface area contributed by atoms with Crippen molar-refractivity contribution in [3.8, 4) is 0 Å². The van der Waals surface area contributed by atoms with Gasteiger partial charge < -0.3 is 0 Å². The summed E-state index contributed by atoms with van der Waals surface area (Å²) in [7, 11) is 0. The maximum absolute atomic E-state index is 2.34. The first-order chi connectivity index (χ1) is 15.5. The van der Waals surface area contributed by atoms with Gasteiger partial charge in [0.15, 0.2) is 0 Å². The number of aryl methyl sites for hydroxylation is 1. The third-order valence-corrected chi connectivity index (χ3v) is 7.11. The molecule has 0 saturated heterocycles. The smallest absolute Gasteiger partial charge is 0.0345 e. The predicted octanol–water partition coefficient (Wildman–Crippen LogP) is 11.0. The second-order valence-electron chi connectivity index (χ2n) is 8.24. The molecule has 0 bridgehead atoms. The van der Waals surface area contributed by atoms with Crippen molar-refractivity contribution in [2.24, 2.45) is 11.8 Å². The summed E-state index contributed by atoms with van der Waals surface area (Å²) < 4.78 is 2.82. The standard InChI is InChI=1S/2C13H16S.2C2H6/c1-10(2)3-4-11-5-6-13-12(9-11)7-8-14-13;1-3-10(2)8-11-4-5-12-6-7-14-13(12)9-11;2*1-2/h5-10H,3-4H2,1-2H3;4-7,9-10H,3,8H2,1-2H3;2*1-2H3. The van der Waals surface area contributed by atoms with E-state index in [1.165, 1.54) is 57.0 Å². The van der Waals surface area contributed by atoms with Gasteiger partial charge in [0.25, 0.3) is 0 Å². The number of fused-ring (bicyclic) bond motifs is 2. The minimum atomic E-state index is 0.799. The van der Waals surface area contributed by atoms with E-state index in [0.717, 1.165) is 11.8 Å². The number of benzene rings is 2. The molecule has 0 aliphatic heterocycles. The highest BCUT2D eigenvalue weighted by atomic mass is 32.1. The van der Waals surface area contributed by atoms with E-state index < -0.39 is 0 Å².